The van der Waals surface area contributed by atoms with E-state index in [1.807, 2.05) is 30.3 Å². The molecule has 1 heterocycles. The number of benzene rings is 1. The number of allylic oxidation sites excluding steroid dienone is 1. The normalized spacial score (nSPS) is 10.1. The van der Waals surface area contributed by atoms with Gasteiger partial charge in [0.05, 0.1) is 6.54 Å². The molecule has 0 fully saturated rings. The van der Waals surface area contributed by atoms with Crippen molar-refractivity contribution in [2.75, 3.05) is 0 Å². The maximum Gasteiger partial charge on any atom is 0.200 e. The maximum absolute atomic E-state index is 7.58. The Bertz CT molecular complexity index is 510. The molecular weight excluding hydrogens is 206 g/mol. The molecular formula is C11H11N3S. The summed E-state index contributed by atoms with van der Waals surface area (Å²) in [7, 11) is 0. The van der Waals surface area contributed by atoms with Crippen LogP contribution in [-0.2, 0) is 6.54 Å². The lowest BCUT2D eigenvalue weighted by atomic mass is 10.1. The molecule has 2 aromatic rings. The van der Waals surface area contributed by atoms with Crippen molar-refractivity contribution in [1.82, 2.24) is 9.78 Å². The van der Waals surface area contributed by atoms with E-state index >= 15 is 0 Å². The van der Waals surface area contributed by atoms with Crippen LogP contribution in [0.25, 0.3) is 5.57 Å². The van der Waals surface area contributed by atoms with Crippen molar-refractivity contribution in [1.29, 1.82) is 5.41 Å². The Morgan fingerprint density at radius 2 is 2.13 bits per heavy atom. The zero-order valence-electron chi connectivity index (χ0n) is 8.18. The Balaban J connectivity index is 2.18. The lowest BCUT2D eigenvalue weighted by Gasteiger charge is -2.05. The van der Waals surface area contributed by atoms with Crippen LogP contribution in [0.1, 0.15) is 5.56 Å². The van der Waals surface area contributed by atoms with Gasteiger partial charge >= 0.3 is 0 Å². The maximum atomic E-state index is 7.58. The molecule has 76 valence electrons. The van der Waals surface area contributed by atoms with Crippen LogP contribution in [0.15, 0.2) is 42.4 Å². The van der Waals surface area contributed by atoms with E-state index in [9.17, 15) is 0 Å². The Hall–Kier alpha value is -1.68. The van der Waals surface area contributed by atoms with Crippen molar-refractivity contribution in [2.24, 2.45) is 0 Å². The van der Waals surface area contributed by atoms with E-state index in [1.165, 1.54) is 11.3 Å². The first-order chi connectivity index (χ1) is 7.27. The monoisotopic (exact) mass is 217 g/mol. The highest BCUT2D eigenvalue weighted by Gasteiger charge is 2.01. The number of aromatic nitrogens is 2. The van der Waals surface area contributed by atoms with Gasteiger partial charge in [-0.25, -0.2) is 4.68 Å². The molecule has 0 aliphatic heterocycles. The molecule has 1 N–H and O–H groups in total. The van der Waals surface area contributed by atoms with Crippen LogP contribution in [0.5, 0.6) is 0 Å². The van der Waals surface area contributed by atoms with Gasteiger partial charge in [-0.05, 0) is 11.1 Å². The Morgan fingerprint density at radius 3 is 2.73 bits per heavy atom. The molecule has 1 aromatic heterocycles. The molecule has 0 spiro atoms. The second-order valence-electron chi connectivity index (χ2n) is 3.17. The molecule has 0 aliphatic rings. The Labute approximate surface area is 91.8 Å². The first-order valence-electron chi connectivity index (χ1n) is 4.56. The van der Waals surface area contributed by atoms with Crippen LogP contribution in [0.4, 0.5) is 0 Å². The fraction of sp³-hybridized carbons (Fsp3) is 0.0909. The Morgan fingerprint density at radius 1 is 1.40 bits per heavy atom. The molecule has 2 rings (SSSR count). The summed E-state index contributed by atoms with van der Waals surface area (Å²) in [6, 6.07) is 9.96. The van der Waals surface area contributed by atoms with E-state index < -0.39 is 0 Å². The molecule has 15 heavy (non-hydrogen) atoms. The predicted octanol–water partition coefficient (Wildman–Crippen LogP) is 2.14. The number of nitrogens with one attached hydrogen (secondary N) is 1. The fourth-order valence-electron chi connectivity index (χ4n) is 1.30. The molecule has 4 heteroatoms. The van der Waals surface area contributed by atoms with Crippen molar-refractivity contribution in [2.45, 2.75) is 6.54 Å². The van der Waals surface area contributed by atoms with Gasteiger partial charge in [0.25, 0.3) is 0 Å². The van der Waals surface area contributed by atoms with Gasteiger partial charge in [0, 0.05) is 0 Å². The molecule has 0 aliphatic carbocycles. The van der Waals surface area contributed by atoms with Gasteiger partial charge in [0.15, 0.2) is 4.80 Å². The van der Waals surface area contributed by atoms with Crippen LogP contribution < -0.4 is 4.80 Å². The van der Waals surface area contributed by atoms with Crippen LogP contribution in [0.2, 0.25) is 0 Å². The highest BCUT2D eigenvalue weighted by atomic mass is 32.1. The molecule has 0 unspecified atom stereocenters. The smallest absolute Gasteiger partial charge is 0.200 e. The highest BCUT2D eigenvalue weighted by molar-refractivity contribution is 7.06. The first kappa shape index (κ1) is 9.86. The second-order valence-corrected chi connectivity index (χ2v) is 4.00. The average molecular weight is 217 g/mol. The van der Waals surface area contributed by atoms with Gasteiger partial charge in [0.2, 0.25) is 0 Å². The van der Waals surface area contributed by atoms with Crippen molar-refractivity contribution in [3.63, 3.8) is 0 Å². The quantitative estimate of drug-likeness (QED) is 0.840. The minimum absolute atomic E-state index is 0.451. The van der Waals surface area contributed by atoms with E-state index in [1.54, 1.807) is 10.2 Å². The van der Waals surface area contributed by atoms with Crippen molar-refractivity contribution < 1.29 is 0 Å². The average Bonchev–Trinajstić information content (AvgIpc) is 2.66. The van der Waals surface area contributed by atoms with Crippen molar-refractivity contribution in [3.8, 4) is 0 Å². The van der Waals surface area contributed by atoms with Gasteiger partial charge in [-0.3, -0.25) is 5.41 Å². The van der Waals surface area contributed by atoms with Gasteiger partial charge in [-0.2, -0.15) is 5.10 Å². The number of nitrogens with zero attached hydrogens (tertiary/aromatic N) is 2. The van der Waals surface area contributed by atoms with E-state index in [4.69, 9.17) is 5.41 Å². The molecule has 0 bridgehead atoms. The number of rotatable bonds is 3. The summed E-state index contributed by atoms with van der Waals surface area (Å²) in [5, 5.41) is 11.7. The van der Waals surface area contributed by atoms with E-state index in [2.05, 4.69) is 11.7 Å². The van der Waals surface area contributed by atoms with E-state index in [0.717, 1.165) is 11.1 Å². The zero-order valence-corrected chi connectivity index (χ0v) is 9.00. The van der Waals surface area contributed by atoms with Crippen LogP contribution in [0.3, 0.4) is 0 Å². The lowest BCUT2D eigenvalue weighted by molar-refractivity contribution is 0.672. The Kier molecular flexibility index (Phi) is 2.78. The third-order valence-corrected chi connectivity index (χ3v) is 2.74. The van der Waals surface area contributed by atoms with E-state index in [0.29, 0.717) is 11.3 Å². The molecule has 0 saturated heterocycles. The predicted molar refractivity (Wildman–Crippen MR) is 61.4 cm³/mol. The zero-order chi connectivity index (χ0) is 10.7. The number of hydrogen-bond acceptors (Lipinski definition) is 3. The summed E-state index contributed by atoms with van der Waals surface area (Å²) in [6.07, 6.45) is 0. The molecule has 0 saturated carbocycles. The number of hydrogen-bond donors (Lipinski definition) is 1. The molecule has 1 aromatic carbocycles. The second kappa shape index (κ2) is 4.23. The first-order valence-corrected chi connectivity index (χ1v) is 5.44. The van der Waals surface area contributed by atoms with Crippen LogP contribution in [-0.4, -0.2) is 9.78 Å². The summed E-state index contributed by atoms with van der Waals surface area (Å²) < 4.78 is 1.64. The molecule has 0 atom stereocenters. The summed E-state index contributed by atoms with van der Waals surface area (Å²) in [4.78, 5) is 0.451. The van der Waals surface area contributed by atoms with Crippen LogP contribution in [0, 0.1) is 5.41 Å². The SMILES string of the molecule is C=C(Cn1ncsc1=N)c1ccccc1. The van der Waals surface area contributed by atoms with Gasteiger partial charge in [0.1, 0.15) is 5.51 Å². The highest BCUT2D eigenvalue weighted by Crippen LogP contribution is 2.12. The molecule has 0 amide bonds. The molecule has 3 nitrogen and oxygen atoms in total. The summed E-state index contributed by atoms with van der Waals surface area (Å²) in [6.45, 7) is 4.58. The van der Waals surface area contributed by atoms with E-state index in [-0.39, 0.29) is 0 Å². The fourth-order valence-corrected chi connectivity index (χ4v) is 1.80. The third kappa shape index (κ3) is 2.22. The van der Waals surface area contributed by atoms with Crippen molar-refractivity contribution >= 4 is 16.9 Å². The van der Waals surface area contributed by atoms with Gasteiger partial charge in [-0.15, -0.1) is 0 Å². The standard InChI is InChI=1S/C11H11N3S/c1-9(10-5-3-2-4-6-10)7-14-11(12)15-8-13-14/h2-6,8,12H,1,7H2. The lowest BCUT2D eigenvalue weighted by Crippen LogP contribution is -2.15. The summed E-state index contributed by atoms with van der Waals surface area (Å²) in [5.74, 6) is 0. The minimum Gasteiger partial charge on any atom is -0.274 e. The van der Waals surface area contributed by atoms with Gasteiger partial charge in [-0.1, -0.05) is 48.2 Å². The largest absolute Gasteiger partial charge is 0.274 e. The van der Waals surface area contributed by atoms with Crippen molar-refractivity contribution in [3.05, 3.63) is 52.8 Å². The summed E-state index contributed by atoms with van der Waals surface area (Å²) in [5.41, 5.74) is 3.73. The van der Waals surface area contributed by atoms with Crippen LogP contribution >= 0.6 is 11.3 Å². The van der Waals surface area contributed by atoms with Gasteiger partial charge < -0.3 is 0 Å². The third-order valence-electron chi connectivity index (χ3n) is 2.11. The molecule has 0 radical (unpaired) electrons. The minimum atomic E-state index is 0.451. The summed E-state index contributed by atoms with van der Waals surface area (Å²) >= 11 is 1.32. The topological polar surface area (TPSA) is 41.7 Å².